The molecule has 0 radical (unpaired) electrons. The summed E-state index contributed by atoms with van der Waals surface area (Å²) in [6.45, 7) is 7.41. The van der Waals surface area contributed by atoms with Gasteiger partial charge in [0.2, 0.25) is 0 Å². The maximum Gasteiger partial charge on any atom is 0.0931 e. The van der Waals surface area contributed by atoms with Crippen molar-refractivity contribution in [1.29, 1.82) is 0 Å². The fourth-order valence-corrected chi connectivity index (χ4v) is 3.35. The summed E-state index contributed by atoms with van der Waals surface area (Å²) in [5, 5.41) is 0. The van der Waals surface area contributed by atoms with Gasteiger partial charge < -0.3 is 10.6 Å². The van der Waals surface area contributed by atoms with E-state index >= 15 is 0 Å². The fraction of sp³-hybridized carbons (Fsp3) is 0.714. The van der Waals surface area contributed by atoms with Crippen molar-refractivity contribution in [3.05, 3.63) is 21.3 Å². The van der Waals surface area contributed by atoms with E-state index in [2.05, 4.69) is 31.9 Å². The third kappa shape index (κ3) is 6.19. The second-order valence-electron chi connectivity index (χ2n) is 5.46. The van der Waals surface area contributed by atoms with Crippen LogP contribution in [-0.4, -0.2) is 25.0 Å². The quantitative estimate of drug-likeness (QED) is 0.787. The van der Waals surface area contributed by atoms with Gasteiger partial charge in [0.1, 0.15) is 0 Å². The van der Waals surface area contributed by atoms with Crippen molar-refractivity contribution < 1.29 is 0 Å². The molecule has 2 nitrogen and oxygen atoms in total. The Morgan fingerprint density at radius 3 is 2.61 bits per heavy atom. The van der Waals surface area contributed by atoms with E-state index < -0.39 is 0 Å². The number of nitrogens with zero attached hydrogens (tertiary/aromatic N) is 1. The van der Waals surface area contributed by atoms with Crippen molar-refractivity contribution >= 4 is 22.9 Å². The van der Waals surface area contributed by atoms with Crippen molar-refractivity contribution in [1.82, 2.24) is 4.90 Å². The molecule has 104 valence electrons. The number of nitrogens with two attached hydrogens (primary N) is 1. The molecule has 0 bridgehead atoms. The van der Waals surface area contributed by atoms with E-state index in [0.29, 0.717) is 5.92 Å². The molecule has 0 fully saturated rings. The van der Waals surface area contributed by atoms with Gasteiger partial charge in [-0.2, -0.15) is 0 Å². The van der Waals surface area contributed by atoms with E-state index in [1.807, 2.05) is 6.07 Å². The van der Waals surface area contributed by atoms with Crippen LogP contribution >= 0.6 is 22.9 Å². The van der Waals surface area contributed by atoms with Crippen LogP contribution in [0, 0.1) is 11.8 Å². The van der Waals surface area contributed by atoms with E-state index in [1.54, 1.807) is 11.3 Å². The zero-order valence-corrected chi connectivity index (χ0v) is 13.2. The third-order valence-electron chi connectivity index (χ3n) is 3.11. The summed E-state index contributed by atoms with van der Waals surface area (Å²) in [5.74, 6) is 1.39. The minimum Gasteiger partial charge on any atom is -0.330 e. The minimum absolute atomic E-state index is 0.652. The number of hydrogen-bond acceptors (Lipinski definition) is 3. The molecule has 2 N–H and O–H groups in total. The van der Waals surface area contributed by atoms with Crippen molar-refractivity contribution in [3.63, 3.8) is 0 Å². The van der Waals surface area contributed by atoms with Crippen LogP contribution in [0.1, 0.15) is 31.6 Å². The highest BCUT2D eigenvalue weighted by Crippen LogP contribution is 2.22. The van der Waals surface area contributed by atoms with Gasteiger partial charge in [0.25, 0.3) is 0 Å². The second kappa shape index (κ2) is 8.16. The summed E-state index contributed by atoms with van der Waals surface area (Å²) in [6, 6.07) is 4.08. The van der Waals surface area contributed by atoms with Crippen LogP contribution in [0.3, 0.4) is 0 Å². The van der Waals surface area contributed by atoms with E-state index in [1.165, 1.54) is 17.7 Å². The molecule has 1 atom stereocenters. The predicted octanol–water partition coefficient (Wildman–Crippen LogP) is 3.84. The smallest absolute Gasteiger partial charge is 0.0931 e. The lowest BCUT2D eigenvalue weighted by atomic mass is 9.94. The van der Waals surface area contributed by atoms with Gasteiger partial charge in [0, 0.05) is 11.4 Å². The Balaban J connectivity index is 2.29. The molecule has 0 amide bonds. The Kier molecular flexibility index (Phi) is 7.23. The number of hydrogen-bond donors (Lipinski definition) is 1. The zero-order valence-electron chi connectivity index (χ0n) is 11.7. The zero-order chi connectivity index (χ0) is 13.5. The Morgan fingerprint density at radius 1 is 1.39 bits per heavy atom. The molecule has 1 aromatic heterocycles. The fourth-order valence-electron chi connectivity index (χ4n) is 2.18. The topological polar surface area (TPSA) is 29.3 Å². The summed E-state index contributed by atoms with van der Waals surface area (Å²) in [4.78, 5) is 3.68. The lowest BCUT2D eigenvalue weighted by Crippen LogP contribution is -2.24. The molecule has 1 heterocycles. The monoisotopic (exact) mass is 288 g/mol. The SMILES string of the molecule is CC(C)CC(CN)CCN(C)Cc1ccc(Cl)s1. The first-order valence-electron chi connectivity index (χ1n) is 6.64. The highest BCUT2D eigenvalue weighted by Gasteiger charge is 2.11. The lowest BCUT2D eigenvalue weighted by molar-refractivity contribution is 0.280. The Morgan fingerprint density at radius 2 is 2.11 bits per heavy atom. The molecular weight excluding hydrogens is 264 g/mol. The standard InChI is InChI=1S/C14H25ClN2S/c1-11(2)8-12(9-16)6-7-17(3)10-13-4-5-14(15)18-13/h4-5,11-12H,6-10,16H2,1-3H3. The Bertz CT molecular complexity index is 338. The van der Waals surface area contributed by atoms with Crippen molar-refractivity contribution in [2.45, 2.75) is 33.2 Å². The van der Waals surface area contributed by atoms with Gasteiger partial charge in [-0.3, -0.25) is 0 Å². The van der Waals surface area contributed by atoms with Crippen molar-refractivity contribution in [2.24, 2.45) is 17.6 Å². The molecule has 1 aromatic rings. The van der Waals surface area contributed by atoms with Crippen molar-refractivity contribution in [3.8, 4) is 0 Å². The second-order valence-corrected chi connectivity index (χ2v) is 7.26. The van der Waals surface area contributed by atoms with E-state index in [9.17, 15) is 0 Å². The first-order valence-corrected chi connectivity index (χ1v) is 7.83. The molecule has 1 rings (SSSR count). The predicted molar refractivity (Wildman–Crippen MR) is 82.3 cm³/mol. The Labute approximate surface area is 120 Å². The molecule has 0 aliphatic carbocycles. The van der Waals surface area contributed by atoms with Crippen LogP contribution in [0.25, 0.3) is 0 Å². The van der Waals surface area contributed by atoms with Gasteiger partial charge >= 0.3 is 0 Å². The first-order chi connectivity index (χ1) is 8.51. The number of thiophene rings is 1. The van der Waals surface area contributed by atoms with Gasteiger partial charge in [0.05, 0.1) is 4.34 Å². The van der Waals surface area contributed by atoms with Crippen LogP contribution in [0.2, 0.25) is 4.34 Å². The normalized spacial score (nSPS) is 13.5. The van der Waals surface area contributed by atoms with Crippen LogP contribution in [0.4, 0.5) is 0 Å². The maximum atomic E-state index is 5.93. The summed E-state index contributed by atoms with van der Waals surface area (Å²) in [5.41, 5.74) is 5.83. The first kappa shape index (κ1) is 16.0. The minimum atomic E-state index is 0.652. The van der Waals surface area contributed by atoms with Crippen LogP contribution < -0.4 is 5.73 Å². The third-order valence-corrected chi connectivity index (χ3v) is 4.33. The van der Waals surface area contributed by atoms with E-state index in [0.717, 1.165) is 29.9 Å². The number of rotatable bonds is 8. The van der Waals surface area contributed by atoms with E-state index in [-0.39, 0.29) is 0 Å². The summed E-state index contributed by atoms with van der Waals surface area (Å²) >= 11 is 7.60. The molecule has 0 saturated carbocycles. The van der Waals surface area contributed by atoms with Gasteiger partial charge in [-0.1, -0.05) is 25.4 Å². The molecule has 0 aromatic carbocycles. The highest BCUT2D eigenvalue weighted by atomic mass is 35.5. The highest BCUT2D eigenvalue weighted by molar-refractivity contribution is 7.16. The molecule has 1 unspecified atom stereocenters. The molecule has 4 heteroatoms. The summed E-state index contributed by atoms with van der Waals surface area (Å²) in [7, 11) is 2.16. The molecule has 0 aliphatic heterocycles. The molecule has 0 spiro atoms. The van der Waals surface area contributed by atoms with E-state index in [4.69, 9.17) is 17.3 Å². The summed E-state index contributed by atoms with van der Waals surface area (Å²) < 4.78 is 0.873. The van der Waals surface area contributed by atoms with Crippen molar-refractivity contribution in [2.75, 3.05) is 20.1 Å². The summed E-state index contributed by atoms with van der Waals surface area (Å²) in [6.07, 6.45) is 2.42. The van der Waals surface area contributed by atoms with Crippen LogP contribution in [0.15, 0.2) is 12.1 Å². The van der Waals surface area contributed by atoms with Gasteiger partial charge in [-0.15, -0.1) is 11.3 Å². The lowest BCUT2D eigenvalue weighted by Gasteiger charge is -2.21. The van der Waals surface area contributed by atoms with Gasteiger partial charge in [-0.05, 0) is 56.9 Å². The average molecular weight is 289 g/mol. The van der Waals surface area contributed by atoms with Gasteiger partial charge in [0.15, 0.2) is 0 Å². The molecule has 0 aliphatic rings. The Hall–Kier alpha value is -0.0900. The maximum absolute atomic E-state index is 5.93. The number of halogens is 1. The molecular formula is C14H25ClN2S. The largest absolute Gasteiger partial charge is 0.330 e. The molecule has 18 heavy (non-hydrogen) atoms. The average Bonchev–Trinajstić information content (AvgIpc) is 2.69. The van der Waals surface area contributed by atoms with Crippen LogP contribution in [0.5, 0.6) is 0 Å². The van der Waals surface area contributed by atoms with Crippen LogP contribution in [-0.2, 0) is 6.54 Å². The molecule has 0 saturated heterocycles. The van der Waals surface area contributed by atoms with Gasteiger partial charge in [-0.25, -0.2) is 0 Å².